The van der Waals surface area contributed by atoms with Crippen LogP contribution < -0.4 is 20.4 Å². The van der Waals surface area contributed by atoms with Crippen molar-refractivity contribution < 1.29 is 23.6 Å². The van der Waals surface area contributed by atoms with Gasteiger partial charge in [-0.25, -0.2) is 19.2 Å². The number of carbonyl (C=O) groups excluding carboxylic acids is 4. The molecule has 6 heterocycles. The van der Waals surface area contributed by atoms with E-state index in [0.29, 0.717) is 35.4 Å². The molecule has 292 valence electrons. The van der Waals surface area contributed by atoms with Gasteiger partial charge >= 0.3 is 6.03 Å². The lowest BCUT2D eigenvalue weighted by molar-refractivity contribution is -0.121. The van der Waals surface area contributed by atoms with Gasteiger partial charge in [-0.1, -0.05) is 24.3 Å². The number of urea groups is 1. The smallest absolute Gasteiger partial charge is 0.328 e. The van der Waals surface area contributed by atoms with Crippen molar-refractivity contribution in [2.45, 2.75) is 63.8 Å². The van der Waals surface area contributed by atoms with Crippen LogP contribution in [0.1, 0.15) is 64.6 Å². The maximum absolute atomic E-state index is 15.9. The van der Waals surface area contributed by atoms with Gasteiger partial charge in [-0.3, -0.25) is 34.8 Å². The van der Waals surface area contributed by atoms with Crippen LogP contribution in [0.4, 0.5) is 25.7 Å². The van der Waals surface area contributed by atoms with E-state index in [-0.39, 0.29) is 29.6 Å². The van der Waals surface area contributed by atoms with Crippen molar-refractivity contribution in [1.29, 1.82) is 0 Å². The third-order valence-electron chi connectivity index (χ3n) is 11.7. The van der Waals surface area contributed by atoms with Gasteiger partial charge in [-0.2, -0.15) is 0 Å². The number of halogens is 1. The molecule has 9 rings (SSSR count). The van der Waals surface area contributed by atoms with Crippen LogP contribution >= 0.6 is 11.3 Å². The Kier molecular flexibility index (Phi) is 9.78. The lowest BCUT2D eigenvalue weighted by Gasteiger charge is -2.38. The Bertz CT molecular complexity index is 2340. The Morgan fingerprint density at radius 1 is 0.965 bits per heavy atom. The first-order valence-corrected chi connectivity index (χ1v) is 20.2. The number of anilines is 3. The molecule has 1 unspecified atom stereocenters. The van der Waals surface area contributed by atoms with Gasteiger partial charge in [-0.15, -0.1) is 11.3 Å². The minimum atomic E-state index is -1.04. The van der Waals surface area contributed by atoms with Gasteiger partial charge in [0, 0.05) is 85.0 Å². The molecule has 4 aliphatic heterocycles. The lowest BCUT2D eigenvalue weighted by Crippen LogP contribution is -2.49. The molecular formula is C42H42FN9O4S. The molecule has 2 N–H and O–H groups in total. The second-order valence-electron chi connectivity index (χ2n) is 15.1. The van der Waals surface area contributed by atoms with Gasteiger partial charge in [0.15, 0.2) is 11.2 Å². The second kappa shape index (κ2) is 15.2. The summed E-state index contributed by atoms with van der Waals surface area (Å²) in [7, 11) is 2.15. The Labute approximate surface area is 333 Å². The number of thiazole rings is 1. The number of fused-ring (bicyclic) bond motifs is 2. The molecule has 2 saturated heterocycles. The quantitative estimate of drug-likeness (QED) is 0.177. The molecule has 0 spiro atoms. The normalized spacial score (nSPS) is 17.6. The topological polar surface area (TPSA) is 136 Å². The van der Waals surface area contributed by atoms with E-state index in [1.54, 1.807) is 28.9 Å². The highest BCUT2D eigenvalue weighted by Crippen LogP contribution is 2.38. The van der Waals surface area contributed by atoms with Crippen molar-refractivity contribution in [3.63, 3.8) is 0 Å². The second-order valence-corrected chi connectivity index (χ2v) is 16.0. The number of benzene rings is 3. The first kappa shape index (κ1) is 36.7. The van der Waals surface area contributed by atoms with E-state index < -0.39 is 23.7 Å². The van der Waals surface area contributed by atoms with Crippen molar-refractivity contribution in [2.75, 3.05) is 41.8 Å². The molecule has 0 saturated carbocycles. The van der Waals surface area contributed by atoms with Crippen molar-refractivity contribution in [2.24, 2.45) is 0 Å². The molecule has 57 heavy (non-hydrogen) atoms. The molecule has 0 radical (unpaired) electrons. The van der Waals surface area contributed by atoms with Crippen molar-refractivity contribution in [3.8, 4) is 11.1 Å². The first-order valence-electron chi connectivity index (χ1n) is 19.3. The largest absolute Gasteiger partial charge is 0.371 e. The number of aryl methyl sites for hydroxylation is 1. The number of rotatable bonds is 10. The average Bonchev–Trinajstić information content (AvgIpc) is 4.04. The summed E-state index contributed by atoms with van der Waals surface area (Å²) in [5, 5.41) is 7.40. The van der Waals surface area contributed by atoms with Crippen molar-refractivity contribution >= 4 is 51.6 Å². The van der Waals surface area contributed by atoms with Gasteiger partial charge in [0.1, 0.15) is 5.82 Å². The highest BCUT2D eigenvalue weighted by atomic mass is 32.1. The number of imidazole rings is 1. The van der Waals surface area contributed by atoms with Crippen LogP contribution in [0.5, 0.6) is 0 Å². The summed E-state index contributed by atoms with van der Waals surface area (Å²) in [4.78, 5) is 68.2. The summed E-state index contributed by atoms with van der Waals surface area (Å²) < 4.78 is 17.9. The van der Waals surface area contributed by atoms with E-state index in [9.17, 15) is 19.2 Å². The summed E-state index contributed by atoms with van der Waals surface area (Å²) in [6.45, 7) is 3.72. The number of hydrogen-bond donors (Lipinski definition) is 2. The number of hydrogen-bond acceptors (Lipinski definition) is 9. The fourth-order valence-electron chi connectivity index (χ4n) is 8.60. The molecule has 1 atom stereocenters. The molecular weight excluding hydrogens is 746 g/mol. The Balaban J connectivity index is 0.844. The highest BCUT2D eigenvalue weighted by Gasteiger charge is 2.42. The number of nitrogens with zero attached hydrogens (tertiary/aromatic N) is 7. The Morgan fingerprint density at radius 3 is 2.47 bits per heavy atom. The summed E-state index contributed by atoms with van der Waals surface area (Å²) >= 11 is 1.29. The molecule has 0 bridgehead atoms. The van der Waals surface area contributed by atoms with Gasteiger partial charge in [0.2, 0.25) is 5.91 Å². The zero-order valence-electron chi connectivity index (χ0n) is 31.5. The van der Waals surface area contributed by atoms with Gasteiger partial charge in [0.25, 0.3) is 11.8 Å². The molecule has 15 heteroatoms. The fourth-order valence-corrected chi connectivity index (χ4v) is 9.14. The molecule has 2 aromatic heterocycles. The first-order chi connectivity index (χ1) is 27.7. The predicted molar refractivity (Wildman–Crippen MR) is 214 cm³/mol. The van der Waals surface area contributed by atoms with E-state index >= 15 is 4.39 Å². The molecule has 5 amide bonds. The zero-order chi connectivity index (χ0) is 39.2. The number of carbonyl (C=O) groups is 4. The molecule has 3 aromatic carbocycles. The minimum absolute atomic E-state index is 0.0399. The number of nitrogens with one attached hydrogen (secondary N) is 2. The third-order valence-corrected chi connectivity index (χ3v) is 12.4. The summed E-state index contributed by atoms with van der Waals surface area (Å²) in [5.74, 6) is -1.56. The van der Waals surface area contributed by atoms with Crippen LogP contribution in [-0.2, 0) is 35.6 Å². The van der Waals surface area contributed by atoms with Crippen LogP contribution in [0.15, 0.2) is 78.6 Å². The standard InChI is InChI=1S/C42H42FN9O4S/c1-48(23-26-4-8-31(9-5-26)51-19-14-36(53)46-42(51)56)29-12-17-49(18-13-29)30-10-6-27(7-11-30)28-21-32-33(34(43)22-28)24-52(40(32)55)38(39(54)47-41-44-15-20-57-41)37-35-3-2-16-50(35)25-45-37/h4-11,15,20-22,25,29,38H,2-3,12-14,16-19,23-24H2,1H3,(H,44,47,54)(H,46,53,56). The monoisotopic (exact) mass is 787 g/mol. The van der Waals surface area contributed by atoms with Crippen LogP contribution in [0.3, 0.4) is 0 Å². The van der Waals surface area contributed by atoms with Crippen LogP contribution in [-0.4, -0.2) is 80.8 Å². The number of aromatic nitrogens is 3. The maximum atomic E-state index is 15.9. The van der Waals surface area contributed by atoms with Crippen molar-refractivity contribution in [1.82, 2.24) is 29.7 Å². The van der Waals surface area contributed by atoms with E-state index in [4.69, 9.17) is 0 Å². The number of amides is 5. The van der Waals surface area contributed by atoms with Crippen LogP contribution in [0, 0.1) is 5.82 Å². The lowest BCUT2D eigenvalue weighted by atomic mass is 9.98. The number of imide groups is 1. The van der Waals surface area contributed by atoms with Gasteiger partial charge in [0.05, 0.1) is 18.6 Å². The van der Waals surface area contributed by atoms with Crippen LogP contribution in [0.25, 0.3) is 11.1 Å². The van der Waals surface area contributed by atoms with E-state index in [1.165, 1.54) is 22.3 Å². The number of piperidine rings is 1. The van der Waals surface area contributed by atoms with E-state index in [2.05, 4.69) is 49.6 Å². The molecule has 2 fully saturated rings. The average molecular weight is 788 g/mol. The Morgan fingerprint density at radius 2 is 1.74 bits per heavy atom. The summed E-state index contributed by atoms with van der Waals surface area (Å²) in [6.07, 6.45) is 7.28. The maximum Gasteiger partial charge on any atom is 0.328 e. The zero-order valence-corrected chi connectivity index (χ0v) is 32.3. The fraction of sp³-hybridized carbons (Fsp3) is 0.333. The van der Waals surface area contributed by atoms with Crippen molar-refractivity contribution in [3.05, 3.63) is 112 Å². The molecule has 4 aliphatic rings. The molecule has 0 aliphatic carbocycles. The molecule has 13 nitrogen and oxygen atoms in total. The summed E-state index contributed by atoms with van der Waals surface area (Å²) in [5.41, 5.74) is 6.39. The predicted octanol–water partition coefficient (Wildman–Crippen LogP) is 5.97. The van der Waals surface area contributed by atoms with Gasteiger partial charge < -0.3 is 14.4 Å². The third kappa shape index (κ3) is 7.17. The van der Waals surface area contributed by atoms with E-state index in [0.717, 1.165) is 80.1 Å². The Hall–Kier alpha value is -5.93. The van der Waals surface area contributed by atoms with Crippen LogP contribution in [0.2, 0.25) is 0 Å². The summed E-state index contributed by atoms with van der Waals surface area (Å²) in [6, 6.07) is 18.2. The minimum Gasteiger partial charge on any atom is -0.371 e. The SMILES string of the molecule is CN(Cc1ccc(N2CCC(=O)NC2=O)cc1)C1CCN(c2ccc(-c3cc(F)c4c(c3)C(=O)N(C(C(=O)Nc3nccs3)c3ncn5c3CCC5)C4)cc2)CC1. The molecule has 5 aromatic rings. The highest BCUT2D eigenvalue weighted by molar-refractivity contribution is 7.13. The van der Waals surface area contributed by atoms with E-state index in [1.807, 2.05) is 41.0 Å². The van der Waals surface area contributed by atoms with Gasteiger partial charge in [-0.05, 0) is 85.8 Å².